The van der Waals surface area contributed by atoms with Crippen LogP contribution < -0.4 is 5.32 Å². The van der Waals surface area contributed by atoms with Gasteiger partial charge in [0.15, 0.2) is 5.16 Å². The number of thioether (sulfide) groups is 1. The molecule has 0 aliphatic rings. The van der Waals surface area contributed by atoms with E-state index in [0.29, 0.717) is 12.3 Å². The summed E-state index contributed by atoms with van der Waals surface area (Å²) in [6, 6.07) is 14.0. The molecule has 6 heteroatoms. The summed E-state index contributed by atoms with van der Waals surface area (Å²) in [4.78, 5) is 23.9. The van der Waals surface area contributed by atoms with Gasteiger partial charge in [0.1, 0.15) is 0 Å². The molecule has 1 aromatic carbocycles. The summed E-state index contributed by atoms with van der Waals surface area (Å²) in [6.07, 6.45) is 4.25. The first-order valence-corrected chi connectivity index (χ1v) is 9.07. The SMILES string of the molecule is Cc1[nH]c(SCC(=O)NCc2cccnc2)nc1Cc1ccccc1. The number of nitrogens with zero attached hydrogens (tertiary/aromatic N) is 2. The molecule has 0 saturated heterocycles. The fourth-order valence-corrected chi connectivity index (χ4v) is 3.15. The predicted octanol–water partition coefficient (Wildman–Crippen LogP) is 3.11. The van der Waals surface area contributed by atoms with Crippen molar-refractivity contribution >= 4 is 17.7 Å². The Bertz CT molecular complexity index is 818. The van der Waals surface area contributed by atoms with Gasteiger partial charge in [0.2, 0.25) is 5.91 Å². The number of H-pyrrole nitrogens is 1. The average molecular weight is 352 g/mol. The summed E-state index contributed by atoms with van der Waals surface area (Å²) in [5.41, 5.74) is 4.27. The molecule has 0 atom stereocenters. The van der Waals surface area contributed by atoms with E-state index in [0.717, 1.165) is 28.5 Å². The number of imidazole rings is 1. The highest BCUT2D eigenvalue weighted by atomic mass is 32.2. The maximum absolute atomic E-state index is 12.0. The molecule has 0 bridgehead atoms. The number of aromatic nitrogens is 3. The molecule has 0 unspecified atom stereocenters. The molecule has 0 aliphatic heterocycles. The molecule has 3 aromatic rings. The number of aromatic amines is 1. The molecule has 0 saturated carbocycles. The number of amides is 1. The fourth-order valence-electron chi connectivity index (χ4n) is 2.38. The Balaban J connectivity index is 1.50. The second-order valence-corrected chi connectivity index (χ2v) is 6.67. The van der Waals surface area contributed by atoms with Gasteiger partial charge in [-0.3, -0.25) is 9.78 Å². The minimum absolute atomic E-state index is 0.0208. The molecule has 2 aromatic heterocycles. The van der Waals surface area contributed by atoms with Gasteiger partial charge in [-0.25, -0.2) is 4.98 Å². The first-order chi connectivity index (χ1) is 12.2. The quantitative estimate of drug-likeness (QED) is 0.641. The van der Waals surface area contributed by atoms with Crippen LogP contribution in [0.5, 0.6) is 0 Å². The van der Waals surface area contributed by atoms with Crippen LogP contribution in [0.25, 0.3) is 0 Å². The lowest BCUT2D eigenvalue weighted by molar-refractivity contribution is -0.118. The van der Waals surface area contributed by atoms with Crippen LogP contribution in [0.2, 0.25) is 0 Å². The van der Waals surface area contributed by atoms with E-state index >= 15 is 0 Å². The van der Waals surface area contributed by atoms with Crippen molar-refractivity contribution < 1.29 is 4.79 Å². The molecule has 2 heterocycles. The summed E-state index contributed by atoms with van der Waals surface area (Å²) in [7, 11) is 0. The Morgan fingerprint density at radius 1 is 1.16 bits per heavy atom. The van der Waals surface area contributed by atoms with Crippen molar-refractivity contribution in [1.82, 2.24) is 20.3 Å². The second kappa shape index (κ2) is 8.48. The number of benzene rings is 1. The molecule has 2 N–H and O–H groups in total. The molecule has 5 nitrogen and oxygen atoms in total. The molecule has 3 rings (SSSR count). The fraction of sp³-hybridized carbons (Fsp3) is 0.211. The summed E-state index contributed by atoms with van der Waals surface area (Å²) >= 11 is 1.41. The zero-order valence-corrected chi connectivity index (χ0v) is 14.8. The van der Waals surface area contributed by atoms with E-state index in [4.69, 9.17) is 0 Å². The molecule has 0 spiro atoms. The maximum atomic E-state index is 12.0. The number of nitrogens with one attached hydrogen (secondary N) is 2. The van der Waals surface area contributed by atoms with Crippen LogP contribution in [0.4, 0.5) is 0 Å². The minimum atomic E-state index is -0.0208. The highest BCUT2D eigenvalue weighted by Gasteiger charge is 2.10. The number of aryl methyl sites for hydroxylation is 1. The van der Waals surface area contributed by atoms with Gasteiger partial charge in [-0.2, -0.15) is 0 Å². The Labute approximate surface area is 151 Å². The van der Waals surface area contributed by atoms with Gasteiger partial charge in [-0.05, 0) is 24.1 Å². The largest absolute Gasteiger partial charge is 0.351 e. The predicted molar refractivity (Wildman–Crippen MR) is 99.4 cm³/mol. The third kappa shape index (κ3) is 5.19. The smallest absolute Gasteiger partial charge is 0.230 e. The molecule has 0 aliphatic carbocycles. The molecule has 0 radical (unpaired) electrons. The zero-order valence-electron chi connectivity index (χ0n) is 14.0. The van der Waals surface area contributed by atoms with E-state index in [1.54, 1.807) is 12.4 Å². The summed E-state index contributed by atoms with van der Waals surface area (Å²) < 4.78 is 0. The number of carbonyl (C=O) groups is 1. The van der Waals surface area contributed by atoms with Crippen LogP contribution in [0.1, 0.15) is 22.5 Å². The van der Waals surface area contributed by atoms with Gasteiger partial charge in [0.25, 0.3) is 0 Å². The number of rotatable bonds is 7. The van der Waals surface area contributed by atoms with Crippen LogP contribution in [0.15, 0.2) is 60.0 Å². The number of hydrogen-bond donors (Lipinski definition) is 2. The van der Waals surface area contributed by atoms with Crippen molar-refractivity contribution in [3.63, 3.8) is 0 Å². The van der Waals surface area contributed by atoms with E-state index in [-0.39, 0.29) is 5.91 Å². The molecular formula is C19H20N4OS. The van der Waals surface area contributed by atoms with E-state index in [1.807, 2.05) is 37.3 Å². The van der Waals surface area contributed by atoms with Crippen LogP contribution in [0.3, 0.4) is 0 Å². The van der Waals surface area contributed by atoms with E-state index in [9.17, 15) is 4.79 Å². The molecule has 25 heavy (non-hydrogen) atoms. The van der Waals surface area contributed by atoms with E-state index < -0.39 is 0 Å². The topological polar surface area (TPSA) is 70.7 Å². The van der Waals surface area contributed by atoms with Crippen LogP contribution in [0, 0.1) is 6.92 Å². The Hall–Kier alpha value is -2.60. The highest BCUT2D eigenvalue weighted by molar-refractivity contribution is 7.99. The zero-order chi connectivity index (χ0) is 17.5. The number of pyridine rings is 1. The second-order valence-electron chi connectivity index (χ2n) is 5.70. The lowest BCUT2D eigenvalue weighted by Crippen LogP contribution is -2.24. The van der Waals surface area contributed by atoms with Crippen LogP contribution in [-0.4, -0.2) is 26.6 Å². The third-order valence-corrected chi connectivity index (χ3v) is 4.60. The van der Waals surface area contributed by atoms with Gasteiger partial charge < -0.3 is 10.3 Å². The Morgan fingerprint density at radius 2 is 1.96 bits per heavy atom. The van der Waals surface area contributed by atoms with Crippen molar-refractivity contribution in [2.45, 2.75) is 25.0 Å². The first kappa shape index (κ1) is 17.2. The van der Waals surface area contributed by atoms with Gasteiger partial charge >= 0.3 is 0 Å². The minimum Gasteiger partial charge on any atom is -0.351 e. The molecular weight excluding hydrogens is 332 g/mol. The summed E-state index contributed by atoms with van der Waals surface area (Å²) in [5, 5.41) is 3.67. The summed E-state index contributed by atoms with van der Waals surface area (Å²) in [5.74, 6) is 0.311. The summed E-state index contributed by atoms with van der Waals surface area (Å²) in [6.45, 7) is 2.50. The number of hydrogen-bond acceptors (Lipinski definition) is 4. The van der Waals surface area contributed by atoms with Crippen molar-refractivity contribution in [2.24, 2.45) is 0 Å². The standard InChI is InChI=1S/C19H20N4OS/c1-14-17(10-15-6-3-2-4-7-15)23-19(22-14)25-13-18(24)21-12-16-8-5-9-20-11-16/h2-9,11H,10,12-13H2,1H3,(H,21,24)(H,22,23). The van der Waals surface area contributed by atoms with Crippen molar-refractivity contribution in [2.75, 3.05) is 5.75 Å². The van der Waals surface area contributed by atoms with Crippen LogP contribution in [-0.2, 0) is 17.8 Å². The van der Waals surface area contributed by atoms with Gasteiger partial charge in [0, 0.05) is 31.1 Å². The Morgan fingerprint density at radius 3 is 2.72 bits per heavy atom. The van der Waals surface area contributed by atoms with Crippen molar-refractivity contribution in [1.29, 1.82) is 0 Å². The maximum Gasteiger partial charge on any atom is 0.230 e. The first-order valence-electron chi connectivity index (χ1n) is 8.08. The van der Waals surface area contributed by atoms with Gasteiger partial charge in [0.05, 0.1) is 11.4 Å². The van der Waals surface area contributed by atoms with Crippen molar-refractivity contribution in [3.05, 3.63) is 77.4 Å². The van der Waals surface area contributed by atoms with E-state index in [1.165, 1.54) is 17.3 Å². The van der Waals surface area contributed by atoms with E-state index in [2.05, 4.69) is 32.4 Å². The highest BCUT2D eigenvalue weighted by Crippen LogP contribution is 2.18. The average Bonchev–Trinajstić information content (AvgIpc) is 2.99. The van der Waals surface area contributed by atoms with Crippen molar-refractivity contribution in [3.8, 4) is 0 Å². The monoisotopic (exact) mass is 352 g/mol. The normalized spacial score (nSPS) is 10.6. The Kier molecular flexibility index (Phi) is 5.85. The van der Waals surface area contributed by atoms with Crippen LogP contribution >= 0.6 is 11.8 Å². The number of carbonyl (C=O) groups excluding carboxylic acids is 1. The molecule has 0 fully saturated rings. The molecule has 128 valence electrons. The van der Waals surface area contributed by atoms with Gasteiger partial charge in [-0.15, -0.1) is 0 Å². The van der Waals surface area contributed by atoms with Gasteiger partial charge in [-0.1, -0.05) is 48.2 Å². The third-order valence-electron chi connectivity index (χ3n) is 3.73. The lowest BCUT2D eigenvalue weighted by Gasteiger charge is -2.03. The lowest BCUT2D eigenvalue weighted by atomic mass is 10.1. The molecule has 1 amide bonds.